The fourth-order valence-electron chi connectivity index (χ4n) is 1.87. The molecule has 78 valence electrons. The largest absolute Gasteiger partial charge is 0.398 e. The number of fused-ring (bicyclic) bond motifs is 1. The molecule has 0 saturated heterocycles. The van der Waals surface area contributed by atoms with Gasteiger partial charge in [-0.3, -0.25) is 0 Å². The van der Waals surface area contributed by atoms with Crippen LogP contribution in [0.15, 0.2) is 10.6 Å². The van der Waals surface area contributed by atoms with Gasteiger partial charge in [0.25, 0.3) is 5.71 Å². The SMILES string of the molecule is CCc1cc(N)c2c(C3CC3)noc2n1. The second-order valence-corrected chi connectivity index (χ2v) is 4.08. The first-order chi connectivity index (χ1) is 7.29. The molecule has 0 amide bonds. The van der Waals surface area contributed by atoms with Gasteiger partial charge in [0.1, 0.15) is 0 Å². The van der Waals surface area contributed by atoms with Crippen molar-refractivity contribution in [3.8, 4) is 0 Å². The maximum absolute atomic E-state index is 6.00. The summed E-state index contributed by atoms with van der Waals surface area (Å²) < 4.78 is 5.23. The van der Waals surface area contributed by atoms with Crippen LogP contribution in [0.1, 0.15) is 37.1 Å². The number of pyridine rings is 1. The molecule has 1 fully saturated rings. The van der Waals surface area contributed by atoms with Gasteiger partial charge in [0, 0.05) is 17.3 Å². The highest BCUT2D eigenvalue weighted by Crippen LogP contribution is 2.43. The lowest BCUT2D eigenvalue weighted by molar-refractivity contribution is 0.438. The maximum Gasteiger partial charge on any atom is 0.260 e. The average molecular weight is 203 g/mol. The fraction of sp³-hybridized carbons (Fsp3) is 0.455. The molecule has 2 aromatic heterocycles. The Bertz CT molecular complexity index is 514. The number of nitrogens with zero attached hydrogens (tertiary/aromatic N) is 2. The zero-order valence-corrected chi connectivity index (χ0v) is 8.66. The Balaban J connectivity index is 2.25. The Morgan fingerprint density at radius 1 is 1.53 bits per heavy atom. The minimum absolute atomic E-state index is 0.544. The zero-order chi connectivity index (χ0) is 10.4. The summed E-state index contributed by atoms with van der Waals surface area (Å²) in [6.07, 6.45) is 3.24. The number of nitrogen functional groups attached to an aromatic ring is 1. The first kappa shape index (κ1) is 8.71. The van der Waals surface area contributed by atoms with E-state index in [1.54, 1.807) is 0 Å². The van der Waals surface area contributed by atoms with Crippen LogP contribution in [0.4, 0.5) is 5.69 Å². The molecule has 2 N–H and O–H groups in total. The van der Waals surface area contributed by atoms with Crippen molar-refractivity contribution in [1.29, 1.82) is 0 Å². The Morgan fingerprint density at radius 2 is 2.33 bits per heavy atom. The molecule has 1 aliphatic rings. The number of hydrogen-bond acceptors (Lipinski definition) is 4. The molecule has 2 heterocycles. The van der Waals surface area contributed by atoms with Gasteiger partial charge in [-0.05, 0) is 25.3 Å². The Morgan fingerprint density at radius 3 is 3.00 bits per heavy atom. The summed E-state index contributed by atoms with van der Waals surface area (Å²) in [5, 5.41) is 5.00. The van der Waals surface area contributed by atoms with E-state index in [9.17, 15) is 0 Å². The van der Waals surface area contributed by atoms with Gasteiger partial charge in [-0.2, -0.15) is 0 Å². The van der Waals surface area contributed by atoms with Crippen LogP contribution in [0, 0.1) is 0 Å². The van der Waals surface area contributed by atoms with Crippen LogP contribution in [0.2, 0.25) is 0 Å². The summed E-state index contributed by atoms with van der Waals surface area (Å²) in [5.41, 5.74) is 9.30. The molecule has 0 aromatic carbocycles. The van der Waals surface area contributed by atoms with Crippen molar-refractivity contribution in [1.82, 2.24) is 10.1 Å². The molecule has 15 heavy (non-hydrogen) atoms. The van der Waals surface area contributed by atoms with E-state index in [2.05, 4.69) is 10.1 Å². The minimum atomic E-state index is 0.544. The number of aryl methyl sites for hydroxylation is 1. The smallest absolute Gasteiger partial charge is 0.260 e. The zero-order valence-electron chi connectivity index (χ0n) is 8.66. The molecule has 1 aliphatic carbocycles. The molecular formula is C11H13N3O. The maximum atomic E-state index is 6.00. The van der Waals surface area contributed by atoms with Crippen LogP contribution >= 0.6 is 0 Å². The number of hydrogen-bond donors (Lipinski definition) is 1. The summed E-state index contributed by atoms with van der Waals surface area (Å²) in [5.74, 6) is 0.544. The lowest BCUT2D eigenvalue weighted by atomic mass is 10.1. The molecule has 0 unspecified atom stereocenters. The Hall–Kier alpha value is -1.58. The predicted molar refractivity (Wildman–Crippen MR) is 57.6 cm³/mol. The van der Waals surface area contributed by atoms with Crippen molar-refractivity contribution < 1.29 is 4.52 Å². The molecule has 4 nitrogen and oxygen atoms in total. The van der Waals surface area contributed by atoms with Crippen molar-refractivity contribution in [2.45, 2.75) is 32.1 Å². The van der Waals surface area contributed by atoms with E-state index < -0.39 is 0 Å². The van der Waals surface area contributed by atoms with Crippen LogP contribution in [-0.4, -0.2) is 10.1 Å². The van der Waals surface area contributed by atoms with E-state index in [4.69, 9.17) is 10.3 Å². The first-order valence-corrected chi connectivity index (χ1v) is 5.34. The van der Waals surface area contributed by atoms with Crippen LogP contribution in [0.25, 0.3) is 11.1 Å². The predicted octanol–water partition coefficient (Wildman–Crippen LogP) is 2.24. The van der Waals surface area contributed by atoms with Crippen LogP contribution in [0.3, 0.4) is 0 Å². The number of anilines is 1. The first-order valence-electron chi connectivity index (χ1n) is 5.34. The highest BCUT2D eigenvalue weighted by Gasteiger charge is 2.30. The quantitative estimate of drug-likeness (QED) is 0.812. The van der Waals surface area contributed by atoms with Gasteiger partial charge in [0.05, 0.1) is 11.1 Å². The summed E-state index contributed by atoms with van der Waals surface area (Å²) in [6.45, 7) is 2.05. The van der Waals surface area contributed by atoms with Gasteiger partial charge in [0.15, 0.2) is 0 Å². The van der Waals surface area contributed by atoms with E-state index in [1.165, 1.54) is 12.8 Å². The minimum Gasteiger partial charge on any atom is -0.398 e. The summed E-state index contributed by atoms with van der Waals surface area (Å²) in [6, 6.07) is 1.92. The second kappa shape index (κ2) is 2.95. The molecule has 1 saturated carbocycles. The van der Waals surface area contributed by atoms with E-state index in [1.807, 2.05) is 13.0 Å². The van der Waals surface area contributed by atoms with Gasteiger partial charge in [-0.25, -0.2) is 4.98 Å². The van der Waals surface area contributed by atoms with Gasteiger partial charge in [-0.15, -0.1) is 0 Å². The van der Waals surface area contributed by atoms with Crippen molar-refractivity contribution in [2.24, 2.45) is 0 Å². The van der Waals surface area contributed by atoms with E-state index in [0.29, 0.717) is 11.6 Å². The van der Waals surface area contributed by atoms with E-state index in [-0.39, 0.29) is 0 Å². The second-order valence-electron chi connectivity index (χ2n) is 4.08. The fourth-order valence-corrected chi connectivity index (χ4v) is 1.87. The van der Waals surface area contributed by atoms with Gasteiger partial charge >= 0.3 is 0 Å². The van der Waals surface area contributed by atoms with Gasteiger partial charge in [0.2, 0.25) is 0 Å². The normalized spacial score (nSPS) is 16.1. The molecule has 0 aliphatic heterocycles. The van der Waals surface area contributed by atoms with Crippen molar-refractivity contribution in [2.75, 3.05) is 5.73 Å². The molecule has 4 heteroatoms. The van der Waals surface area contributed by atoms with Crippen molar-refractivity contribution >= 4 is 16.8 Å². The summed E-state index contributed by atoms with van der Waals surface area (Å²) in [7, 11) is 0. The van der Waals surface area contributed by atoms with Gasteiger partial charge < -0.3 is 10.3 Å². The molecular weight excluding hydrogens is 190 g/mol. The lowest BCUT2D eigenvalue weighted by Gasteiger charge is -1.99. The highest BCUT2D eigenvalue weighted by molar-refractivity contribution is 5.89. The number of rotatable bonds is 2. The third-order valence-electron chi connectivity index (χ3n) is 2.88. The summed E-state index contributed by atoms with van der Waals surface area (Å²) in [4.78, 5) is 4.38. The third-order valence-corrected chi connectivity index (χ3v) is 2.88. The third kappa shape index (κ3) is 1.28. The number of nitrogens with two attached hydrogens (primary N) is 1. The summed E-state index contributed by atoms with van der Waals surface area (Å²) >= 11 is 0. The monoisotopic (exact) mass is 203 g/mol. The van der Waals surface area contributed by atoms with Gasteiger partial charge in [-0.1, -0.05) is 12.1 Å². The standard InChI is InChI=1S/C11H13N3O/c1-2-7-5-8(12)9-10(6-3-4-6)14-15-11(9)13-7/h5-6H,2-4H2,1H3,(H2,12,13). The lowest BCUT2D eigenvalue weighted by Crippen LogP contribution is -1.94. The van der Waals surface area contributed by atoms with Crippen molar-refractivity contribution in [3.05, 3.63) is 17.5 Å². The van der Waals surface area contributed by atoms with E-state index >= 15 is 0 Å². The number of aromatic nitrogens is 2. The topological polar surface area (TPSA) is 64.9 Å². The van der Waals surface area contributed by atoms with Crippen LogP contribution in [-0.2, 0) is 6.42 Å². The molecule has 0 bridgehead atoms. The molecule has 3 rings (SSSR count). The van der Waals surface area contributed by atoms with E-state index in [0.717, 1.165) is 28.9 Å². The molecule has 0 radical (unpaired) electrons. The Kier molecular flexibility index (Phi) is 1.71. The molecule has 2 aromatic rings. The van der Waals surface area contributed by atoms with Crippen molar-refractivity contribution in [3.63, 3.8) is 0 Å². The van der Waals surface area contributed by atoms with Crippen LogP contribution in [0.5, 0.6) is 0 Å². The highest BCUT2D eigenvalue weighted by atomic mass is 16.5. The van der Waals surface area contributed by atoms with Crippen LogP contribution < -0.4 is 5.73 Å². The molecule has 0 spiro atoms. The Labute approximate surface area is 87.5 Å². The molecule has 0 atom stereocenters. The average Bonchev–Trinajstić information content (AvgIpc) is 2.99.